The third-order valence-electron chi connectivity index (χ3n) is 3.93. The zero-order valence-electron chi connectivity index (χ0n) is 15.6. The maximum absolute atomic E-state index is 12.2. The average molecular weight is 363 g/mol. The SMILES string of the molecule is C=C1C[C@H](CC(=O)SC(C)(C)C)O[C@@H](CCOCc2ccccc2)C1. The lowest BCUT2D eigenvalue weighted by atomic mass is 9.96. The summed E-state index contributed by atoms with van der Waals surface area (Å²) in [6.45, 7) is 11.6. The number of carbonyl (C=O) groups excluding carboxylic acids is 1. The van der Waals surface area contributed by atoms with Gasteiger partial charge < -0.3 is 9.47 Å². The molecule has 0 unspecified atom stereocenters. The van der Waals surface area contributed by atoms with Gasteiger partial charge in [-0.2, -0.15) is 0 Å². The van der Waals surface area contributed by atoms with Gasteiger partial charge in [0.15, 0.2) is 5.12 Å². The number of hydrogen-bond acceptors (Lipinski definition) is 4. The molecule has 4 heteroatoms. The minimum Gasteiger partial charge on any atom is -0.377 e. The van der Waals surface area contributed by atoms with E-state index in [9.17, 15) is 4.79 Å². The van der Waals surface area contributed by atoms with Crippen LogP contribution < -0.4 is 0 Å². The van der Waals surface area contributed by atoms with Crippen LogP contribution in [0.3, 0.4) is 0 Å². The molecule has 0 bridgehead atoms. The van der Waals surface area contributed by atoms with Crippen LogP contribution in [0, 0.1) is 0 Å². The van der Waals surface area contributed by atoms with Gasteiger partial charge in [-0.15, -0.1) is 0 Å². The van der Waals surface area contributed by atoms with Crippen molar-refractivity contribution >= 4 is 16.9 Å². The van der Waals surface area contributed by atoms with Crippen LogP contribution in [-0.4, -0.2) is 28.7 Å². The molecule has 1 saturated heterocycles. The molecule has 0 spiro atoms. The fraction of sp³-hybridized carbons (Fsp3) is 0.571. The maximum Gasteiger partial charge on any atom is 0.192 e. The molecule has 0 N–H and O–H groups in total. The molecule has 2 atom stereocenters. The molecule has 1 aliphatic rings. The maximum atomic E-state index is 12.2. The van der Waals surface area contributed by atoms with Crippen molar-refractivity contribution in [1.29, 1.82) is 0 Å². The van der Waals surface area contributed by atoms with Crippen molar-refractivity contribution in [1.82, 2.24) is 0 Å². The van der Waals surface area contributed by atoms with E-state index in [4.69, 9.17) is 9.47 Å². The molecule has 2 rings (SSSR count). The second kappa shape index (κ2) is 9.56. The van der Waals surface area contributed by atoms with Gasteiger partial charge in [-0.25, -0.2) is 0 Å². The van der Waals surface area contributed by atoms with Gasteiger partial charge in [0, 0.05) is 17.8 Å². The summed E-state index contributed by atoms with van der Waals surface area (Å²) in [7, 11) is 0. The summed E-state index contributed by atoms with van der Waals surface area (Å²) in [6, 6.07) is 10.2. The summed E-state index contributed by atoms with van der Waals surface area (Å²) < 4.78 is 11.8. The molecule has 1 fully saturated rings. The first-order valence-corrected chi connectivity index (χ1v) is 9.79. The Morgan fingerprint density at radius 2 is 1.92 bits per heavy atom. The summed E-state index contributed by atoms with van der Waals surface area (Å²) in [4.78, 5) is 12.2. The molecule has 25 heavy (non-hydrogen) atoms. The summed E-state index contributed by atoms with van der Waals surface area (Å²) in [5, 5.41) is 0.200. The van der Waals surface area contributed by atoms with Crippen LogP contribution in [0.4, 0.5) is 0 Å². The Balaban J connectivity index is 1.72. The van der Waals surface area contributed by atoms with Crippen LogP contribution in [0.25, 0.3) is 0 Å². The Bertz CT molecular complexity index is 562. The number of benzene rings is 1. The highest BCUT2D eigenvalue weighted by molar-refractivity contribution is 8.14. The lowest BCUT2D eigenvalue weighted by Gasteiger charge is -2.31. The monoisotopic (exact) mass is 362 g/mol. The molecule has 0 saturated carbocycles. The third-order valence-corrected chi connectivity index (χ3v) is 4.93. The van der Waals surface area contributed by atoms with Crippen molar-refractivity contribution in [2.75, 3.05) is 6.61 Å². The van der Waals surface area contributed by atoms with Crippen molar-refractivity contribution in [2.24, 2.45) is 0 Å². The fourth-order valence-corrected chi connectivity index (χ4v) is 3.89. The number of ether oxygens (including phenoxy) is 2. The molecule has 1 aromatic rings. The van der Waals surface area contributed by atoms with Crippen molar-refractivity contribution in [3.05, 3.63) is 48.0 Å². The molecule has 138 valence electrons. The van der Waals surface area contributed by atoms with Gasteiger partial charge in [0.05, 0.1) is 18.8 Å². The Morgan fingerprint density at radius 3 is 2.60 bits per heavy atom. The molecule has 0 aromatic heterocycles. The second-order valence-electron chi connectivity index (χ2n) is 7.66. The summed E-state index contributed by atoms with van der Waals surface area (Å²) in [5.41, 5.74) is 2.36. The first-order chi connectivity index (χ1) is 11.8. The highest BCUT2D eigenvalue weighted by atomic mass is 32.2. The van der Waals surface area contributed by atoms with E-state index >= 15 is 0 Å². The lowest BCUT2D eigenvalue weighted by Crippen LogP contribution is -2.31. The minimum atomic E-state index is -0.0482. The number of carbonyl (C=O) groups is 1. The Hall–Kier alpha value is -1.10. The van der Waals surface area contributed by atoms with Crippen molar-refractivity contribution in [3.63, 3.8) is 0 Å². The van der Waals surface area contributed by atoms with Gasteiger partial charge in [-0.05, 0) is 24.8 Å². The molecule has 0 amide bonds. The zero-order valence-corrected chi connectivity index (χ0v) is 16.4. The fourth-order valence-electron chi connectivity index (χ4n) is 2.93. The standard InChI is InChI=1S/C21H30O3S/c1-16-12-18(10-11-23-15-17-8-6-5-7-9-17)24-19(13-16)14-20(22)25-21(2,3)4/h5-9,18-19H,1,10-15H2,2-4H3/t18-,19+/m0/s1. The topological polar surface area (TPSA) is 35.5 Å². The van der Waals surface area contributed by atoms with E-state index in [-0.39, 0.29) is 22.1 Å². The van der Waals surface area contributed by atoms with E-state index in [0.29, 0.717) is 19.6 Å². The van der Waals surface area contributed by atoms with E-state index < -0.39 is 0 Å². The van der Waals surface area contributed by atoms with Gasteiger partial charge in [-0.3, -0.25) is 4.79 Å². The van der Waals surface area contributed by atoms with Gasteiger partial charge in [0.25, 0.3) is 0 Å². The summed E-state index contributed by atoms with van der Waals surface area (Å²) in [6.07, 6.45) is 3.02. The summed E-state index contributed by atoms with van der Waals surface area (Å²) in [5.74, 6) is 0. The van der Waals surface area contributed by atoms with Crippen LogP contribution in [0.15, 0.2) is 42.5 Å². The van der Waals surface area contributed by atoms with Crippen LogP contribution in [-0.2, 0) is 20.9 Å². The van der Waals surface area contributed by atoms with Gasteiger partial charge in [0.1, 0.15) is 0 Å². The van der Waals surface area contributed by atoms with Crippen LogP contribution >= 0.6 is 11.8 Å². The third kappa shape index (κ3) is 8.21. The molecule has 0 aliphatic carbocycles. The molecule has 0 radical (unpaired) electrons. The Morgan fingerprint density at radius 1 is 1.24 bits per heavy atom. The van der Waals surface area contributed by atoms with Crippen LogP contribution in [0.5, 0.6) is 0 Å². The van der Waals surface area contributed by atoms with E-state index in [1.807, 2.05) is 18.2 Å². The van der Waals surface area contributed by atoms with Crippen LogP contribution in [0.1, 0.15) is 52.0 Å². The van der Waals surface area contributed by atoms with E-state index in [2.05, 4.69) is 39.5 Å². The quantitative estimate of drug-likeness (QED) is 0.497. The smallest absolute Gasteiger partial charge is 0.192 e. The van der Waals surface area contributed by atoms with E-state index in [1.54, 1.807) is 0 Å². The lowest BCUT2D eigenvalue weighted by molar-refractivity contribution is -0.116. The van der Waals surface area contributed by atoms with Gasteiger partial charge >= 0.3 is 0 Å². The molecular weight excluding hydrogens is 332 g/mol. The second-order valence-corrected chi connectivity index (χ2v) is 9.54. The molecule has 1 aliphatic heterocycles. The minimum absolute atomic E-state index is 0.0391. The Kier molecular flexibility index (Phi) is 7.73. The number of thioether (sulfide) groups is 1. The predicted octanol–water partition coefficient (Wildman–Crippen LogP) is 5.15. The van der Waals surface area contributed by atoms with E-state index in [0.717, 1.165) is 19.3 Å². The van der Waals surface area contributed by atoms with Crippen molar-refractivity contribution < 1.29 is 14.3 Å². The van der Waals surface area contributed by atoms with E-state index in [1.165, 1.54) is 22.9 Å². The van der Waals surface area contributed by atoms with Crippen molar-refractivity contribution in [3.8, 4) is 0 Å². The molecule has 3 nitrogen and oxygen atoms in total. The molecular formula is C21H30O3S. The average Bonchev–Trinajstić information content (AvgIpc) is 2.50. The first kappa shape index (κ1) is 20.2. The van der Waals surface area contributed by atoms with Gasteiger partial charge in [-0.1, -0.05) is 75.0 Å². The number of rotatable bonds is 7. The Labute approximate surface area is 156 Å². The van der Waals surface area contributed by atoms with Crippen LogP contribution in [0.2, 0.25) is 0 Å². The molecule has 1 aromatic carbocycles. The normalized spacial score (nSPS) is 21.3. The molecule has 1 heterocycles. The predicted molar refractivity (Wildman–Crippen MR) is 105 cm³/mol. The largest absolute Gasteiger partial charge is 0.377 e. The van der Waals surface area contributed by atoms with Gasteiger partial charge in [0.2, 0.25) is 0 Å². The first-order valence-electron chi connectivity index (χ1n) is 8.97. The highest BCUT2D eigenvalue weighted by Crippen LogP contribution is 2.31. The summed E-state index contributed by atoms with van der Waals surface area (Å²) >= 11 is 1.40. The van der Waals surface area contributed by atoms with Crippen molar-refractivity contribution in [2.45, 2.75) is 70.0 Å². The highest BCUT2D eigenvalue weighted by Gasteiger charge is 2.28. The number of hydrogen-bond donors (Lipinski definition) is 0. The zero-order chi connectivity index (χ0) is 18.3.